The lowest BCUT2D eigenvalue weighted by Gasteiger charge is -2.03. The number of thiophene rings is 1. The highest BCUT2D eigenvalue weighted by Crippen LogP contribution is 2.31. The normalized spacial score (nSPS) is 10.9. The van der Waals surface area contributed by atoms with Crippen LogP contribution in [0.4, 0.5) is 0 Å². The van der Waals surface area contributed by atoms with Gasteiger partial charge in [0.15, 0.2) is 5.76 Å². The van der Waals surface area contributed by atoms with Crippen molar-refractivity contribution in [2.75, 3.05) is 0 Å². The van der Waals surface area contributed by atoms with Crippen molar-refractivity contribution in [2.45, 2.75) is 0 Å². The second-order valence-electron chi connectivity index (χ2n) is 3.55. The van der Waals surface area contributed by atoms with E-state index in [1.165, 1.54) is 11.3 Å². The Morgan fingerprint density at radius 2 is 1.94 bits per heavy atom. The van der Waals surface area contributed by atoms with Crippen LogP contribution in [0.15, 0.2) is 51.0 Å². The van der Waals surface area contributed by atoms with Crippen molar-refractivity contribution in [1.82, 2.24) is 0 Å². The Bertz CT molecular complexity index is 729. The molecule has 3 aromatic rings. The first-order valence-corrected chi connectivity index (χ1v) is 6.28. The predicted octanol–water partition coefficient (Wildman–Crippen LogP) is 4.17. The molecule has 0 unspecified atom stereocenters. The van der Waals surface area contributed by atoms with Gasteiger partial charge in [0, 0.05) is 0 Å². The summed E-state index contributed by atoms with van der Waals surface area (Å²) >= 11 is 7.55. The van der Waals surface area contributed by atoms with E-state index in [4.69, 9.17) is 16.0 Å². The average Bonchev–Trinajstić information content (AvgIpc) is 2.87. The van der Waals surface area contributed by atoms with Gasteiger partial charge < -0.3 is 4.42 Å². The average molecular weight is 263 g/mol. The molecule has 0 aliphatic rings. The summed E-state index contributed by atoms with van der Waals surface area (Å²) < 4.78 is 5.70. The van der Waals surface area contributed by atoms with Crippen LogP contribution in [0.5, 0.6) is 0 Å². The van der Waals surface area contributed by atoms with E-state index in [9.17, 15) is 4.79 Å². The molecule has 2 nitrogen and oxygen atoms in total. The van der Waals surface area contributed by atoms with Crippen molar-refractivity contribution >= 4 is 33.9 Å². The third-order valence-electron chi connectivity index (χ3n) is 2.49. The minimum atomic E-state index is -0.183. The van der Waals surface area contributed by atoms with Crippen LogP contribution in [-0.4, -0.2) is 0 Å². The minimum Gasteiger partial charge on any atom is -0.453 e. The van der Waals surface area contributed by atoms with Crippen LogP contribution in [0, 0.1) is 0 Å². The molecule has 0 fully saturated rings. The molecule has 0 radical (unpaired) electrons. The van der Waals surface area contributed by atoms with Gasteiger partial charge in [-0.2, -0.15) is 0 Å². The van der Waals surface area contributed by atoms with Gasteiger partial charge >= 0.3 is 0 Å². The molecule has 0 N–H and O–H groups in total. The lowest BCUT2D eigenvalue weighted by molar-refractivity contribution is 0.621. The van der Waals surface area contributed by atoms with E-state index in [0.717, 1.165) is 4.88 Å². The van der Waals surface area contributed by atoms with Gasteiger partial charge in [-0.05, 0) is 23.6 Å². The second kappa shape index (κ2) is 4.02. The molecular formula is C13H7ClO2S. The first kappa shape index (κ1) is 10.6. The maximum absolute atomic E-state index is 12.1. The Morgan fingerprint density at radius 1 is 1.12 bits per heavy atom. The lowest BCUT2D eigenvalue weighted by atomic mass is 10.2. The minimum absolute atomic E-state index is 0.145. The fraction of sp³-hybridized carbons (Fsp3) is 0. The molecule has 0 saturated carbocycles. The Morgan fingerprint density at radius 3 is 2.71 bits per heavy atom. The summed E-state index contributed by atoms with van der Waals surface area (Å²) in [5.74, 6) is 0.449. The van der Waals surface area contributed by atoms with Gasteiger partial charge in [-0.25, -0.2) is 0 Å². The Kier molecular flexibility index (Phi) is 2.50. The first-order valence-electron chi connectivity index (χ1n) is 5.02. The molecule has 17 heavy (non-hydrogen) atoms. The summed E-state index contributed by atoms with van der Waals surface area (Å²) in [6.07, 6.45) is 0. The van der Waals surface area contributed by atoms with Crippen molar-refractivity contribution in [3.8, 4) is 10.6 Å². The number of benzene rings is 1. The third kappa shape index (κ3) is 1.68. The number of hydrogen-bond donors (Lipinski definition) is 0. The topological polar surface area (TPSA) is 30.2 Å². The van der Waals surface area contributed by atoms with Crippen LogP contribution >= 0.6 is 22.9 Å². The van der Waals surface area contributed by atoms with Crippen LogP contribution in [-0.2, 0) is 0 Å². The van der Waals surface area contributed by atoms with Gasteiger partial charge in [0.25, 0.3) is 0 Å². The zero-order valence-electron chi connectivity index (χ0n) is 8.64. The van der Waals surface area contributed by atoms with Crippen LogP contribution in [0.3, 0.4) is 0 Å². The predicted molar refractivity (Wildman–Crippen MR) is 70.8 cm³/mol. The molecule has 0 saturated heterocycles. The fourth-order valence-corrected chi connectivity index (χ4v) is 2.70. The molecule has 0 spiro atoms. The SMILES string of the molecule is O=c1c(Cl)c(-c2cccs2)oc2ccccc12. The number of halogens is 1. The van der Waals surface area contributed by atoms with Gasteiger partial charge in [0.1, 0.15) is 10.6 Å². The largest absolute Gasteiger partial charge is 0.453 e. The van der Waals surface area contributed by atoms with Crippen LogP contribution in [0.25, 0.3) is 21.6 Å². The molecule has 2 heterocycles. The quantitative estimate of drug-likeness (QED) is 0.659. The summed E-state index contributed by atoms with van der Waals surface area (Å²) in [5.41, 5.74) is 0.377. The third-order valence-corrected chi connectivity index (χ3v) is 3.70. The van der Waals surface area contributed by atoms with Crippen molar-refractivity contribution in [3.63, 3.8) is 0 Å². The number of hydrogen-bond acceptors (Lipinski definition) is 3. The van der Waals surface area contributed by atoms with Crippen LogP contribution < -0.4 is 5.43 Å². The fourth-order valence-electron chi connectivity index (χ4n) is 1.69. The van der Waals surface area contributed by atoms with E-state index in [2.05, 4.69) is 0 Å². The second-order valence-corrected chi connectivity index (χ2v) is 4.87. The molecule has 0 bridgehead atoms. The first-order chi connectivity index (χ1) is 8.27. The maximum atomic E-state index is 12.1. The molecule has 0 aliphatic carbocycles. The van der Waals surface area contributed by atoms with Gasteiger partial charge in [-0.15, -0.1) is 11.3 Å². The Labute approximate surface area is 106 Å². The van der Waals surface area contributed by atoms with E-state index < -0.39 is 0 Å². The van der Waals surface area contributed by atoms with Crippen molar-refractivity contribution in [2.24, 2.45) is 0 Å². The highest BCUT2D eigenvalue weighted by atomic mass is 35.5. The highest BCUT2D eigenvalue weighted by molar-refractivity contribution is 7.13. The van der Waals surface area contributed by atoms with E-state index in [1.54, 1.807) is 18.2 Å². The zero-order valence-corrected chi connectivity index (χ0v) is 10.2. The Balaban J connectivity index is 2.42. The lowest BCUT2D eigenvalue weighted by Crippen LogP contribution is -2.02. The van der Waals surface area contributed by atoms with E-state index in [0.29, 0.717) is 16.7 Å². The number of para-hydroxylation sites is 1. The van der Waals surface area contributed by atoms with E-state index in [1.807, 2.05) is 23.6 Å². The zero-order chi connectivity index (χ0) is 11.8. The molecule has 0 amide bonds. The molecule has 84 valence electrons. The maximum Gasteiger partial charge on any atom is 0.211 e. The van der Waals surface area contributed by atoms with Crippen LogP contribution in [0.1, 0.15) is 0 Å². The number of rotatable bonds is 1. The Hall–Kier alpha value is -1.58. The smallest absolute Gasteiger partial charge is 0.211 e. The molecule has 2 aromatic heterocycles. The number of fused-ring (bicyclic) bond motifs is 1. The summed E-state index contributed by atoms with van der Waals surface area (Å²) in [6.45, 7) is 0. The van der Waals surface area contributed by atoms with Gasteiger partial charge in [0.05, 0.1) is 10.3 Å². The molecule has 3 rings (SSSR count). The summed E-state index contributed by atoms with van der Waals surface area (Å²) in [5, 5.41) is 2.57. The van der Waals surface area contributed by atoms with Crippen molar-refractivity contribution in [3.05, 3.63) is 57.0 Å². The summed E-state index contributed by atoms with van der Waals surface area (Å²) in [6, 6.07) is 10.9. The monoisotopic (exact) mass is 262 g/mol. The summed E-state index contributed by atoms with van der Waals surface area (Å²) in [4.78, 5) is 12.9. The van der Waals surface area contributed by atoms with Gasteiger partial charge in [-0.3, -0.25) is 4.79 Å². The standard InChI is InChI=1S/C13H7ClO2S/c14-11-12(15)8-4-1-2-5-9(8)16-13(11)10-6-3-7-17-10/h1-7H. The molecule has 0 aliphatic heterocycles. The van der Waals surface area contributed by atoms with Gasteiger partial charge in [0.2, 0.25) is 5.43 Å². The summed E-state index contributed by atoms with van der Waals surface area (Å²) in [7, 11) is 0. The van der Waals surface area contributed by atoms with Crippen molar-refractivity contribution < 1.29 is 4.42 Å². The molecule has 4 heteroatoms. The van der Waals surface area contributed by atoms with E-state index in [-0.39, 0.29) is 10.5 Å². The highest BCUT2D eigenvalue weighted by Gasteiger charge is 2.14. The molecular weight excluding hydrogens is 256 g/mol. The van der Waals surface area contributed by atoms with E-state index >= 15 is 0 Å². The molecule has 1 aromatic carbocycles. The van der Waals surface area contributed by atoms with Crippen LogP contribution in [0.2, 0.25) is 5.02 Å². The van der Waals surface area contributed by atoms with Gasteiger partial charge in [-0.1, -0.05) is 29.8 Å². The molecule has 0 atom stereocenters. The van der Waals surface area contributed by atoms with Crippen molar-refractivity contribution in [1.29, 1.82) is 0 Å².